The van der Waals surface area contributed by atoms with Crippen molar-refractivity contribution in [2.45, 2.75) is 75.2 Å². The molecular weight excluding hydrogens is 469 g/mol. The number of ether oxygens (including phenoxy) is 1. The standard InChI is InChI=1S/C17H26N4O4S.C2HF3O2/c1-12(2)19-15(22)14-11-20-10-7-18-16(20)17(25-14)5-8-21(9-6-17)26(23,24)13-3-4-13;3-2(4,5)1(6)7/h7,10,12-14H,3-6,8-9,11H2,1-2H3,(H,19,22);(H,6,7). The van der Waals surface area contributed by atoms with Crippen molar-refractivity contribution in [3.63, 3.8) is 0 Å². The van der Waals surface area contributed by atoms with Crippen LogP contribution in [0.15, 0.2) is 12.4 Å². The molecule has 2 fully saturated rings. The number of aliphatic carboxylic acids is 1. The number of hydrogen-bond donors (Lipinski definition) is 2. The number of carbonyl (C=O) groups excluding carboxylic acids is 1. The molecule has 2 N–H and O–H groups in total. The van der Waals surface area contributed by atoms with Crippen molar-refractivity contribution in [3.05, 3.63) is 18.2 Å². The zero-order chi connectivity index (χ0) is 24.6. The number of imidazole rings is 1. The van der Waals surface area contributed by atoms with Gasteiger partial charge in [-0.1, -0.05) is 0 Å². The summed E-state index contributed by atoms with van der Waals surface area (Å²) >= 11 is 0. The molecule has 3 heterocycles. The van der Waals surface area contributed by atoms with Crippen LogP contribution in [0.3, 0.4) is 0 Å². The van der Waals surface area contributed by atoms with Crippen molar-refractivity contribution >= 4 is 21.9 Å². The Labute approximate surface area is 189 Å². The van der Waals surface area contributed by atoms with Gasteiger partial charge in [-0.15, -0.1) is 0 Å². The van der Waals surface area contributed by atoms with E-state index in [1.165, 1.54) is 0 Å². The predicted molar refractivity (Wildman–Crippen MR) is 108 cm³/mol. The summed E-state index contributed by atoms with van der Waals surface area (Å²) < 4.78 is 66.6. The summed E-state index contributed by atoms with van der Waals surface area (Å²) in [5.41, 5.74) is -0.698. The number of piperidine rings is 1. The molecular formula is C19H27F3N4O6S. The number of fused-ring (bicyclic) bond motifs is 2. The molecule has 1 saturated heterocycles. The number of sulfonamides is 1. The van der Waals surface area contributed by atoms with E-state index in [1.54, 1.807) is 10.5 Å². The molecule has 14 heteroatoms. The Morgan fingerprint density at radius 1 is 1.27 bits per heavy atom. The minimum Gasteiger partial charge on any atom is -0.475 e. The van der Waals surface area contributed by atoms with Gasteiger partial charge < -0.3 is 19.7 Å². The van der Waals surface area contributed by atoms with Crippen molar-refractivity contribution in [2.24, 2.45) is 0 Å². The minimum absolute atomic E-state index is 0.0387. The van der Waals surface area contributed by atoms with Gasteiger partial charge in [0, 0.05) is 31.5 Å². The van der Waals surface area contributed by atoms with Crippen LogP contribution in [-0.4, -0.2) is 75.9 Å². The lowest BCUT2D eigenvalue weighted by Crippen LogP contribution is -2.55. The summed E-state index contributed by atoms with van der Waals surface area (Å²) in [6.07, 6.45) is 0.470. The van der Waals surface area contributed by atoms with Gasteiger partial charge in [-0.25, -0.2) is 22.5 Å². The Morgan fingerprint density at radius 2 is 1.85 bits per heavy atom. The molecule has 1 amide bonds. The first-order chi connectivity index (χ1) is 15.3. The maximum atomic E-state index is 12.5. The molecule has 1 spiro atoms. The molecule has 1 atom stereocenters. The summed E-state index contributed by atoms with van der Waals surface area (Å²) in [4.78, 5) is 25.9. The third-order valence-electron chi connectivity index (χ3n) is 5.65. The topological polar surface area (TPSA) is 131 Å². The van der Waals surface area contributed by atoms with Crippen LogP contribution in [-0.2, 0) is 36.5 Å². The van der Waals surface area contributed by atoms with Crippen LogP contribution in [0, 0.1) is 0 Å². The van der Waals surface area contributed by atoms with Crippen molar-refractivity contribution < 1.29 is 41.0 Å². The highest BCUT2D eigenvalue weighted by molar-refractivity contribution is 7.90. The monoisotopic (exact) mass is 496 g/mol. The van der Waals surface area contributed by atoms with Gasteiger partial charge in [0.1, 0.15) is 11.4 Å². The molecule has 186 valence electrons. The van der Waals surface area contributed by atoms with Crippen LogP contribution in [0.2, 0.25) is 0 Å². The zero-order valence-electron chi connectivity index (χ0n) is 18.2. The van der Waals surface area contributed by atoms with Crippen LogP contribution in [0.4, 0.5) is 13.2 Å². The fourth-order valence-corrected chi connectivity index (χ4v) is 5.78. The van der Waals surface area contributed by atoms with Crippen molar-refractivity contribution in [1.29, 1.82) is 0 Å². The smallest absolute Gasteiger partial charge is 0.475 e. The highest BCUT2D eigenvalue weighted by Crippen LogP contribution is 2.42. The summed E-state index contributed by atoms with van der Waals surface area (Å²) in [6.45, 7) is 5.08. The maximum absolute atomic E-state index is 12.5. The van der Waals surface area contributed by atoms with E-state index in [0.717, 1.165) is 18.7 Å². The summed E-state index contributed by atoms with van der Waals surface area (Å²) in [5.74, 6) is -2.09. The average Bonchev–Trinajstić information content (AvgIpc) is 3.46. The third kappa shape index (κ3) is 5.66. The lowest BCUT2D eigenvalue weighted by atomic mass is 9.89. The Hall–Kier alpha value is -2.19. The van der Waals surface area contributed by atoms with Gasteiger partial charge in [0.25, 0.3) is 5.91 Å². The molecule has 1 aliphatic carbocycles. The van der Waals surface area contributed by atoms with E-state index in [9.17, 15) is 26.4 Å². The number of halogens is 3. The second kappa shape index (κ2) is 9.22. The van der Waals surface area contributed by atoms with Gasteiger partial charge >= 0.3 is 12.1 Å². The first kappa shape index (κ1) is 25.4. The minimum atomic E-state index is -5.08. The highest BCUT2D eigenvalue weighted by atomic mass is 32.2. The highest BCUT2D eigenvalue weighted by Gasteiger charge is 2.50. The number of nitrogens with one attached hydrogen (secondary N) is 1. The van der Waals surface area contributed by atoms with Gasteiger partial charge in [-0.2, -0.15) is 13.2 Å². The fraction of sp³-hybridized carbons (Fsp3) is 0.737. The molecule has 33 heavy (non-hydrogen) atoms. The number of carboxylic acids is 1. The average molecular weight is 497 g/mol. The van der Waals surface area contributed by atoms with Gasteiger partial charge in [0.15, 0.2) is 6.10 Å². The molecule has 0 bridgehead atoms. The predicted octanol–water partition coefficient (Wildman–Crippen LogP) is 1.22. The fourth-order valence-electron chi connectivity index (χ4n) is 3.93. The molecule has 4 rings (SSSR count). The van der Waals surface area contributed by atoms with Gasteiger partial charge in [-0.3, -0.25) is 4.79 Å². The maximum Gasteiger partial charge on any atom is 0.490 e. The zero-order valence-corrected chi connectivity index (χ0v) is 19.0. The van der Waals surface area contributed by atoms with Gasteiger partial charge in [0.05, 0.1) is 11.8 Å². The lowest BCUT2D eigenvalue weighted by Gasteiger charge is -2.45. The third-order valence-corrected chi connectivity index (χ3v) is 8.05. The van der Waals surface area contributed by atoms with E-state index >= 15 is 0 Å². The van der Waals surface area contributed by atoms with E-state index in [2.05, 4.69) is 10.3 Å². The van der Waals surface area contributed by atoms with E-state index in [-0.39, 0.29) is 17.2 Å². The summed E-state index contributed by atoms with van der Waals surface area (Å²) in [7, 11) is -3.18. The van der Waals surface area contributed by atoms with E-state index in [4.69, 9.17) is 14.6 Å². The second-order valence-corrected chi connectivity index (χ2v) is 10.8. The molecule has 3 aliphatic rings. The SMILES string of the molecule is CC(C)NC(=O)C1Cn2ccnc2C2(CCN(S(=O)(=O)C3CC3)CC2)O1.O=C(O)C(F)(F)F. The van der Waals surface area contributed by atoms with E-state index in [1.807, 2.05) is 24.6 Å². The van der Waals surface area contributed by atoms with Gasteiger partial charge in [-0.05, 0) is 39.5 Å². The first-order valence-electron chi connectivity index (χ1n) is 10.5. The molecule has 10 nitrogen and oxygen atoms in total. The Kier molecular flexibility index (Phi) is 7.10. The van der Waals surface area contributed by atoms with Crippen LogP contribution in [0.25, 0.3) is 0 Å². The van der Waals surface area contributed by atoms with Crippen molar-refractivity contribution in [1.82, 2.24) is 19.2 Å². The van der Waals surface area contributed by atoms with Crippen molar-refractivity contribution in [3.8, 4) is 0 Å². The number of alkyl halides is 3. The normalized spacial score (nSPS) is 22.9. The number of carbonyl (C=O) groups is 2. The lowest BCUT2D eigenvalue weighted by molar-refractivity contribution is -0.192. The molecule has 1 aromatic heterocycles. The van der Waals surface area contributed by atoms with Crippen LogP contribution >= 0.6 is 0 Å². The number of amides is 1. The molecule has 1 aromatic rings. The number of aromatic nitrogens is 2. The Balaban J connectivity index is 0.000000383. The second-order valence-electron chi connectivity index (χ2n) is 8.61. The van der Waals surface area contributed by atoms with E-state index in [0.29, 0.717) is 32.5 Å². The van der Waals surface area contributed by atoms with E-state index < -0.39 is 33.9 Å². The first-order valence-corrected chi connectivity index (χ1v) is 12.1. The number of hydrogen-bond acceptors (Lipinski definition) is 6. The molecule has 0 radical (unpaired) electrons. The van der Waals surface area contributed by atoms with Gasteiger partial charge in [0.2, 0.25) is 10.0 Å². The van der Waals surface area contributed by atoms with Crippen molar-refractivity contribution in [2.75, 3.05) is 13.1 Å². The molecule has 1 unspecified atom stereocenters. The summed E-state index contributed by atoms with van der Waals surface area (Å²) in [6, 6.07) is 0.0387. The Bertz CT molecular complexity index is 982. The number of rotatable bonds is 4. The Morgan fingerprint density at radius 3 is 2.33 bits per heavy atom. The quantitative estimate of drug-likeness (QED) is 0.641. The van der Waals surface area contributed by atoms with Crippen LogP contribution in [0.5, 0.6) is 0 Å². The molecule has 1 saturated carbocycles. The number of carboxylic acid groups (broad SMARTS) is 1. The number of nitrogens with zero attached hydrogens (tertiary/aromatic N) is 3. The molecule has 0 aromatic carbocycles. The summed E-state index contributed by atoms with van der Waals surface area (Å²) in [5, 5.41) is 9.84. The van der Waals surface area contributed by atoms with Crippen LogP contribution < -0.4 is 5.32 Å². The largest absolute Gasteiger partial charge is 0.490 e. The molecule has 2 aliphatic heterocycles. The van der Waals surface area contributed by atoms with Crippen LogP contribution in [0.1, 0.15) is 45.4 Å².